The lowest BCUT2D eigenvalue weighted by atomic mass is 9.88. The van der Waals surface area contributed by atoms with E-state index in [-0.39, 0.29) is 16.9 Å². The number of hydrogen-bond acceptors (Lipinski definition) is 3. The summed E-state index contributed by atoms with van der Waals surface area (Å²) < 4.78 is 5.73. The van der Waals surface area contributed by atoms with Gasteiger partial charge in [0.15, 0.2) is 0 Å². The fourth-order valence-corrected chi connectivity index (χ4v) is 1.93. The zero-order chi connectivity index (χ0) is 14.3. The monoisotopic (exact) mass is 260 g/mol. The van der Waals surface area contributed by atoms with Gasteiger partial charge in [0.25, 0.3) is 0 Å². The van der Waals surface area contributed by atoms with Gasteiger partial charge in [0, 0.05) is 11.1 Å². The van der Waals surface area contributed by atoms with Crippen molar-refractivity contribution in [3.63, 3.8) is 0 Å². The molecule has 0 saturated carbocycles. The molecular formula is C16H24N2O. The third-order valence-electron chi connectivity index (χ3n) is 3.39. The minimum Gasteiger partial charge on any atom is -0.474 e. The molecule has 2 heterocycles. The smallest absolute Gasteiger partial charge is 0.235 e. The highest BCUT2D eigenvalue weighted by atomic mass is 16.5. The van der Waals surface area contributed by atoms with Gasteiger partial charge in [-0.2, -0.15) is 0 Å². The Morgan fingerprint density at radius 1 is 1.11 bits per heavy atom. The van der Waals surface area contributed by atoms with E-state index in [0.717, 1.165) is 11.4 Å². The van der Waals surface area contributed by atoms with Crippen LogP contribution in [0, 0.1) is 5.41 Å². The van der Waals surface area contributed by atoms with Crippen LogP contribution in [0.25, 0.3) is 0 Å². The topological polar surface area (TPSA) is 34.5 Å². The van der Waals surface area contributed by atoms with Crippen molar-refractivity contribution in [3.05, 3.63) is 29.6 Å². The summed E-state index contributed by atoms with van der Waals surface area (Å²) in [7, 11) is 0. The van der Waals surface area contributed by atoms with Crippen LogP contribution in [0.15, 0.2) is 23.2 Å². The van der Waals surface area contributed by atoms with Crippen LogP contribution < -0.4 is 0 Å². The van der Waals surface area contributed by atoms with E-state index in [0.29, 0.717) is 12.5 Å². The first-order valence-corrected chi connectivity index (χ1v) is 6.86. The Bertz CT molecular complexity index is 492. The second-order valence-electron chi connectivity index (χ2n) is 7.29. The first-order valence-electron chi connectivity index (χ1n) is 6.86. The fraction of sp³-hybridized carbons (Fsp3) is 0.625. The number of aromatic nitrogens is 1. The number of aliphatic imine (C=N–C) groups is 1. The lowest BCUT2D eigenvalue weighted by Crippen LogP contribution is -2.25. The summed E-state index contributed by atoms with van der Waals surface area (Å²) in [6, 6.07) is 6.26. The van der Waals surface area contributed by atoms with E-state index in [1.54, 1.807) is 0 Å². The number of nitrogens with zero attached hydrogens (tertiary/aromatic N) is 2. The number of hydrogen-bond donors (Lipinski definition) is 0. The van der Waals surface area contributed by atoms with Crippen LogP contribution in [0.5, 0.6) is 0 Å². The molecule has 0 aromatic carbocycles. The molecule has 0 amide bonds. The average molecular weight is 260 g/mol. The molecule has 0 spiro atoms. The Balaban J connectivity index is 2.29. The van der Waals surface area contributed by atoms with E-state index in [2.05, 4.69) is 57.6 Å². The van der Waals surface area contributed by atoms with Gasteiger partial charge in [0.1, 0.15) is 12.3 Å². The van der Waals surface area contributed by atoms with Gasteiger partial charge in [-0.3, -0.25) is 0 Å². The number of pyridine rings is 1. The van der Waals surface area contributed by atoms with Gasteiger partial charge in [0.05, 0.1) is 6.04 Å². The molecule has 0 unspecified atom stereocenters. The summed E-state index contributed by atoms with van der Waals surface area (Å²) >= 11 is 0. The summed E-state index contributed by atoms with van der Waals surface area (Å²) in [4.78, 5) is 9.37. The van der Waals surface area contributed by atoms with Crippen LogP contribution in [-0.4, -0.2) is 23.5 Å². The molecule has 1 aromatic rings. The highest BCUT2D eigenvalue weighted by molar-refractivity contribution is 5.93. The van der Waals surface area contributed by atoms with Crippen LogP contribution >= 0.6 is 0 Å². The molecule has 19 heavy (non-hydrogen) atoms. The fourth-order valence-electron chi connectivity index (χ4n) is 1.93. The van der Waals surface area contributed by atoms with Gasteiger partial charge in [-0.1, -0.05) is 47.6 Å². The summed E-state index contributed by atoms with van der Waals surface area (Å²) in [5.74, 6) is 0.686. The van der Waals surface area contributed by atoms with Crippen molar-refractivity contribution in [1.29, 1.82) is 0 Å². The molecule has 104 valence electrons. The normalized spacial score (nSPS) is 20.1. The van der Waals surface area contributed by atoms with Gasteiger partial charge in [-0.25, -0.2) is 9.98 Å². The van der Waals surface area contributed by atoms with Crippen molar-refractivity contribution in [2.24, 2.45) is 10.4 Å². The predicted octanol–water partition coefficient (Wildman–Crippen LogP) is 3.57. The molecule has 3 heteroatoms. The maximum atomic E-state index is 5.73. The predicted molar refractivity (Wildman–Crippen MR) is 78.7 cm³/mol. The van der Waals surface area contributed by atoms with Gasteiger partial charge in [0.2, 0.25) is 5.90 Å². The number of rotatable bonds is 1. The molecule has 0 radical (unpaired) electrons. The second kappa shape index (κ2) is 4.62. The first kappa shape index (κ1) is 14.0. The zero-order valence-corrected chi connectivity index (χ0v) is 12.8. The van der Waals surface area contributed by atoms with E-state index < -0.39 is 0 Å². The molecule has 2 rings (SSSR count). The van der Waals surface area contributed by atoms with E-state index in [1.165, 1.54) is 0 Å². The maximum Gasteiger partial charge on any atom is 0.235 e. The molecule has 0 bridgehead atoms. The van der Waals surface area contributed by atoms with Crippen LogP contribution in [0.3, 0.4) is 0 Å². The molecule has 0 fully saturated rings. The Kier molecular flexibility index (Phi) is 3.41. The SMILES string of the molecule is CC(C)(C)c1cccc(C2=N[C@@H](C(C)(C)C)CO2)n1. The van der Waals surface area contributed by atoms with Gasteiger partial charge in [-0.05, 0) is 17.5 Å². The summed E-state index contributed by atoms with van der Waals surface area (Å²) in [5.41, 5.74) is 2.08. The minimum absolute atomic E-state index is 0.0403. The highest BCUT2D eigenvalue weighted by Crippen LogP contribution is 2.27. The standard InChI is InChI=1S/C16H24N2O/c1-15(2,3)12-9-7-8-11(17-12)14-18-13(10-19-14)16(4,5)6/h7-9,13H,10H2,1-6H3/t13-/m1/s1. The lowest BCUT2D eigenvalue weighted by Gasteiger charge is -2.21. The second-order valence-corrected chi connectivity index (χ2v) is 7.29. The van der Waals surface area contributed by atoms with Crippen LogP contribution in [0.2, 0.25) is 0 Å². The molecule has 1 aliphatic rings. The molecule has 1 aromatic heterocycles. The van der Waals surface area contributed by atoms with Gasteiger partial charge >= 0.3 is 0 Å². The van der Waals surface area contributed by atoms with Crippen LogP contribution in [0.4, 0.5) is 0 Å². The molecule has 0 aliphatic carbocycles. The van der Waals surface area contributed by atoms with Crippen molar-refractivity contribution in [2.45, 2.75) is 53.0 Å². The summed E-state index contributed by atoms with van der Waals surface area (Å²) in [6.07, 6.45) is 0. The Morgan fingerprint density at radius 2 is 1.79 bits per heavy atom. The van der Waals surface area contributed by atoms with Crippen LogP contribution in [0.1, 0.15) is 52.9 Å². The molecular weight excluding hydrogens is 236 g/mol. The van der Waals surface area contributed by atoms with E-state index in [4.69, 9.17) is 4.74 Å². The molecule has 0 N–H and O–H groups in total. The average Bonchev–Trinajstić information content (AvgIpc) is 2.77. The molecule has 1 aliphatic heterocycles. The Labute approximate surface area is 116 Å². The third kappa shape index (κ3) is 3.14. The van der Waals surface area contributed by atoms with Crippen molar-refractivity contribution in [3.8, 4) is 0 Å². The van der Waals surface area contributed by atoms with Crippen molar-refractivity contribution in [2.75, 3.05) is 6.61 Å². The first-order chi connectivity index (χ1) is 8.68. The zero-order valence-electron chi connectivity index (χ0n) is 12.8. The van der Waals surface area contributed by atoms with Crippen LogP contribution in [-0.2, 0) is 10.2 Å². The third-order valence-corrected chi connectivity index (χ3v) is 3.39. The van der Waals surface area contributed by atoms with E-state index in [1.807, 2.05) is 12.1 Å². The van der Waals surface area contributed by atoms with Gasteiger partial charge < -0.3 is 4.74 Å². The Hall–Kier alpha value is -1.38. The maximum absolute atomic E-state index is 5.73. The van der Waals surface area contributed by atoms with Gasteiger partial charge in [-0.15, -0.1) is 0 Å². The largest absolute Gasteiger partial charge is 0.474 e. The summed E-state index contributed by atoms with van der Waals surface area (Å²) in [5, 5.41) is 0. The highest BCUT2D eigenvalue weighted by Gasteiger charge is 2.31. The van der Waals surface area contributed by atoms with Crippen molar-refractivity contribution < 1.29 is 4.74 Å². The van der Waals surface area contributed by atoms with Crippen molar-refractivity contribution >= 4 is 5.90 Å². The minimum atomic E-state index is 0.0403. The Morgan fingerprint density at radius 3 is 2.32 bits per heavy atom. The van der Waals surface area contributed by atoms with E-state index in [9.17, 15) is 0 Å². The molecule has 0 saturated heterocycles. The quantitative estimate of drug-likeness (QED) is 0.773. The van der Waals surface area contributed by atoms with Crippen molar-refractivity contribution in [1.82, 2.24) is 4.98 Å². The molecule has 3 nitrogen and oxygen atoms in total. The van der Waals surface area contributed by atoms with E-state index >= 15 is 0 Å². The summed E-state index contributed by atoms with van der Waals surface area (Å²) in [6.45, 7) is 13.7. The lowest BCUT2D eigenvalue weighted by molar-refractivity contribution is 0.235. The number of ether oxygens (including phenoxy) is 1. The molecule has 1 atom stereocenters.